The summed E-state index contributed by atoms with van der Waals surface area (Å²) < 4.78 is 4.94. The van der Waals surface area contributed by atoms with Gasteiger partial charge in [0.2, 0.25) is 0 Å². The van der Waals surface area contributed by atoms with Gasteiger partial charge in [0, 0.05) is 49.5 Å². The number of hydrogen-bond donors (Lipinski definition) is 0. The van der Waals surface area contributed by atoms with E-state index in [1.807, 2.05) is 60.7 Å². The topological polar surface area (TPSA) is 48.5 Å². The van der Waals surface area contributed by atoms with Gasteiger partial charge in [-0.2, -0.15) is 0 Å². The Balaban J connectivity index is 1.16. The summed E-state index contributed by atoms with van der Waals surface area (Å²) in [6.45, 7) is 0. The number of hydrogen-bond acceptors (Lipinski definition) is 3. The molecule has 0 saturated carbocycles. The van der Waals surface area contributed by atoms with Crippen molar-refractivity contribution in [3.8, 4) is 67.8 Å². The fraction of sp³-hybridized carbons (Fsp3) is 0. The predicted molar refractivity (Wildman–Crippen MR) is 256 cm³/mol. The average molecular weight is 792 g/mol. The third-order valence-corrected chi connectivity index (χ3v) is 12.0. The Morgan fingerprint density at radius 3 is 1.31 bits per heavy atom. The Labute approximate surface area is 358 Å². The monoisotopic (exact) mass is 791 g/mol. The summed E-state index contributed by atoms with van der Waals surface area (Å²) in [6, 6.07) is 79.4. The molecule has 0 bridgehead atoms. The lowest BCUT2D eigenvalue weighted by Crippen LogP contribution is -2.02. The quantitative estimate of drug-likeness (QED) is 0.162. The molecule has 5 nitrogen and oxygen atoms in total. The molecule has 12 aromatic rings. The van der Waals surface area contributed by atoms with Gasteiger partial charge >= 0.3 is 0 Å². The van der Waals surface area contributed by atoms with Gasteiger partial charge in [0.25, 0.3) is 0 Å². The first-order valence-electron chi connectivity index (χ1n) is 21.0. The summed E-state index contributed by atoms with van der Waals surface area (Å²) in [6.07, 6.45) is 0. The molecule has 0 unspecified atom stereocenters. The average Bonchev–Trinajstić information content (AvgIpc) is 3.88. The van der Waals surface area contributed by atoms with E-state index in [1.165, 1.54) is 27.1 Å². The van der Waals surface area contributed by atoms with Crippen molar-refractivity contribution < 1.29 is 0 Å². The molecule has 0 fully saturated rings. The van der Waals surface area contributed by atoms with Gasteiger partial charge in [0.1, 0.15) is 0 Å². The zero-order valence-corrected chi connectivity index (χ0v) is 33.6. The molecule has 3 heterocycles. The van der Waals surface area contributed by atoms with Crippen molar-refractivity contribution in [1.82, 2.24) is 24.1 Å². The number of rotatable bonds is 7. The predicted octanol–water partition coefficient (Wildman–Crippen LogP) is 14.4. The van der Waals surface area contributed by atoms with E-state index in [1.54, 1.807) is 0 Å². The molecule has 0 aliphatic heterocycles. The lowest BCUT2D eigenvalue weighted by Gasteiger charge is -2.18. The van der Waals surface area contributed by atoms with Crippen molar-refractivity contribution in [1.29, 1.82) is 0 Å². The van der Waals surface area contributed by atoms with Crippen LogP contribution in [0.1, 0.15) is 0 Å². The Kier molecular flexibility index (Phi) is 8.42. The van der Waals surface area contributed by atoms with E-state index < -0.39 is 0 Å². The summed E-state index contributed by atoms with van der Waals surface area (Å²) >= 11 is 0. The molecular weight excluding hydrogens is 755 g/mol. The van der Waals surface area contributed by atoms with Crippen LogP contribution in [0, 0.1) is 0 Å². The summed E-state index contributed by atoms with van der Waals surface area (Å²) in [4.78, 5) is 15.2. The Bertz CT molecular complexity index is 3550. The van der Waals surface area contributed by atoms with Crippen LogP contribution in [-0.2, 0) is 0 Å². The van der Waals surface area contributed by atoms with Crippen LogP contribution in [0.2, 0.25) is 0 Å². The van der Waals surface area contributed by atoms with Crippen LogP contribution in [0.25, 0.3) is 111 Å². The van der Waals surface area contributed by atoms with Crippen molar-refractivity contribution in [2.24, 2.45) is 0 Å². The minimum atomic E-state index is 0.616. The zero-order chi connectivity index (χ0) is 41.0. The molecule has 0 spiro atoms. The van der Waals surface area contributed by atoms with E-state index in [-0.39, 0.29) is 0 Å². The molecule has 0 aliphatic rings. The van der Waals surface area contributed by atoms with Crippen LogP contribution >= 0.6 is 0 Å². The summed E-state index contributed by atoms with van der Waals surface area (Å²) in [5, 5.41) is 4.76. The number of fused-ring (bicyclic) bond motifs is 7. The van der Waals surface area contributed by atoms with Gasteiger partial charge < -0.3 is 9.13 Å². The molecule has 9 aromatic carbocycles. The van der Waals surface area contributed by atoms with Gasteiger partial charge in [0.15, 0.2) is 17.5 Å². The van der Waals surface area contributed by atoms with Crippen molar-refractivity contribution in [3.05, 3.63) is 224 Å². The lowest BCUT2D eigenvalue weighted by molar-refractivity contribution is 1.07. The highest BCUT2D eigenvalue weighted by molar-refractivity contribution is 6.24. The van der Waals surface area contributed by atoms with Gasteiger partial charge in [-0.15, -0.1) is 0 Å². The maximum atomic E-state index is 5.12. The Hall–Kier alpha value is -8.41. The highest BCUT2D eigenvalue weighted by Crippen LogP contribution is 2.44. The Morgan fingerprint density at radius 2 is 0.726 bits per heavy atom. The Morgan fingerprint density at radius 1 is 0.274 bits per heavy atom. The largest absolute Gasteiger partial charge is 0.307 e. The molecule has 290 valence electrons. The van der Waals surface area contributed by atoms with E-state index in [4.69, 9.17) is 15.0 Å². The van der Waals surface area contributed by atoms with Crippen LogP contribution < -0.4 is 0 Å². The molecule has 0 aliphatic carbocycles. The molecule has 0 saturated heterocycles. The van der Waals surface area contributed by atoms with Crippen molar-refractivity contribution in [3.63, 3.8) is 0 Å². The maximum absolute atomic E-state index is 5.12. The normalized spacial score (nSPS) is 11.5. The van der Waals surface area contributed by atoms with E-state index in [0.717, 1.165) is 66.8 Å². The molecule has 0 radical (unpaired) electrons. The smallest absolute Gasteiger partial charge is 0.164 e. The molecule has 0 N–H and O–H groups in total. The number of aromatic nitrogens is 5. The second kappa shape index (κ2) is 14.7. The number of nitrogens with zero attached hydrogens (tertiary/aromatic N) is 5. The fourth-order valence-corrected chi connectivity index (χ4v) is 9.13. The molecule has 12 rings (SSSR count). The lowest BCUT2D eigenvalue weighted by atomic mass is 9.98. The van der Waals surface area contributed by atoms with Gasteiger partial charge in [-0.05, 0) is 47.0 Å². The van der Waals surface area contributed by atoms with Gasteiger partial charge in [-0.1, -0.05) is 194 Å². The molecule has 0 atom stereocenters. The van der Waals surface area contributed by atoms with Crippen LogP contribution in [0.4, 0.5) is 0 Å². The molecular formula is C57H37N5. The molecule has 3 aromatic heterocycles. The maximum Gasteiger partial charge on any atom is 0.164 e. The number of para-hydroxylation sites is 2. The van der Waals surface area contributed by atoms with Gasteiger partial charge in [-0.25, -0.2) is 15.0 Å². The first-order valence-corrected chi connectivity index (χ1v) is 21.0. The molecule has 0 amide bonds. The first kappa shape index (κ1) is 35.5. The third-order valence-electron chi connectivity index (χ3n) is 12.0. The summed E-state index contributed by atoms with van der Waals surface area (Å²) in [7, 11) is 0. The molecule has 5 heteroatoms. The fourth-order valence-electron chi connectivity index (χ4n) is 9.13. The highest BCUT2D eigenvalue weighted by Gasteiger charge is 2.23. The first-order chi connectivity index (χ1) is 30.8. The van der Waals surface area contributed by atoms with Crippen LogP contribution in [0.15, 0.2) is 224 Å². The zero-order valence-electron chi connectivity index (χ0n) is 33.6. The van der Waals surface area contributed by atoms with Gasteiger partial charge in [0.05, 0.1) is 27.8 Å². The van der Waals surface area contributed by atoms with Gasteiger partial charge in [-0.3, -0.25) is 0 Å². The SMILES string of the molecule is c1ccc(-c2ccc(-c3ccccc3)c(-n3c4ccccc4c4ccc5c6ccccc6n(-c6cccc(-c7nc(-c8ccccc8)nc(-c8ccccc8)n7)c6)c5c43)c2)cc1. The van der Waals surface area contributed by atoms with E-state index in [9.17, 15) is 0 Å². The van der Waals surface area contributed by atoms with Crippen LogP contribution in [0.3, 0.4) is 0 Å². The van der Waals surface area contributed by atoms with Crippen molar-refractivity contribution in [2.75, 3.05) is 0 Å². The second-order valence-corrected chi connectivity index (χ2v) is 15.6. The van der Waals surface area contributed by atoms with E-state index in [0.29, 0.717) is 17.5 Å². The second-order valence-electron chi connectivity index (χ2n) is 15.6. The van der Waals surface area contributed by atoms with Crippen molar-refractivity contribution in [2.45, 2.75) is 0 Å². The van der Waals surface area contributed by atoms with E-state index >= 15 is 0 Å². The van der Waals surface area contributed by atoms with Crippen molar-refractivity contribution >= 4 is 43.6 Å². The third kappa shape index (κ3) is 5.90. The van der Waals surface area contributed by atoms with E-state index in [2.05, 4.69) is 173 Å². The van der Waals surface area contributed by atoms with Crippen LogP contribution in [-0.4, -0.2) is 24.1 Å². The standard InChI is InChI=1S/C57H37N5/c1-5-18-38(19-6-1)42-32-33-45(39-20-7-2-8-21-39)52(37-42)62-51-31-16-14-29-47(51)49-35-34-48-46-28-13-15-30-50(46)61(53(48)54(49)62)44-27-17-26-43(36-44)57-59-55(40-22-9-3-10-23-40)58-56(60-57)41-24-11-4-12-25-41/h1-37H. The summed E-state index contributed by atoms with van der Waals surface area (Å²) in [5.41, 5.74) is 14.1. The molecule has 62 heavy (non-hydrogen) atoms. The minimum absolute atomic E-state index is 0.616. The number of benzene rings is 9. The minimum Gasteiger partial charge on any atom is -0.307 e. The van der Waals surface area contributed by atoms with Crippen LogP contribution in [0.5, 0.6) is 0 Å². The summed E-state index contributed by atoms with van der Waals surface area (Å²) in [5.74, 6) is 1.88. The highest BCUT2D eigenvalue weighted by atomic mass is 15.1.